The fraction of sp³-hybridized carbons (Fsp3) is 0.308. The van der Waals surface area contributed by atoms with E-state index in [2.05, 4.69) is 25.5 Å². The van der Waals surface area contributed by atoms with Gasteiger partial charge in [-0.15, -0.1) is 5.10 Å². The van der Waals surface area contributed by atoms with Crippen LogP contribution in [0.3, 0.4) is 0 Å². The van der Waals surface area contributed by atoms with Crippen LogP contribution in [0.2, 0.25) is 5.02 Å². The van der Waals surface area contributed by atoms with Gasteiger partial charge in [0.15, 0.2) is 5.78 Å². The van der Waals surface area contributed by atoms with Crippen molar-refractivity contribution in [3.8, 4) is 0 Å². The molecule has 0 radical (unpaired) electrons. The van der Waals surface area contributed by atoms with E-state index in [1.807, 2.05) is 26.0 Å². The minimum atomic E-state index is 0.0166. The summed E-state index contributed by atoms with van der Waals surface area (Å²) in [5.74, 6) is 0.209. The molecule has 100 valence electrons. The summed E-state index contributed by atoms with van der Waals surface area (Å²) in [6, 6.07) is 5.52. The molecule has 0 aliphatic rings. The van der Waals surface area contributed by atoms with Crippen molar-refractivity contribution in [2.24, 2.45) is 0 Å². The molecule has 6 heteroatoms. The standard InChI is InChI=1S/C13H12BrClN2OS/c1-7(2)12-13(19-17-16-12)11(18)5-8-3-4-9(14)6-10(8)15/h3-4,6-7H,5H2,1-2H3. The molecule has 0 aliphatic carbocycles. The highest BCUT2D eigenvalue weighted by Crippen LogP contribution is 2.25. The number of halogens is 2. The van der Waals surface area contributed by atoms with E-state index in [-0.39, 0.29) is 18.1 Å². The normalized spacial score (nSPS) is 11.0. The number of carbonyl (C=O) groups is 1. The van der Waals surface area contributed by atoms with Crippen LogP contribution in [0.4, 0.5) is 0 Å². The third kappa shape index (κ3) is 3.41. The second kappa shape index (κ2) is 6.11. The Kier molecular flexibility index (Phi) is 4.71. The smallest absolute Gasteiger partial charge is 0.180 e. The first-order valence-electron chi connectivity index (χ1n) is 5.78. The molecule has 2 aromatic rings. The monoisotopic (exact) mass is 358 g/mol. The van der Waals surface area contributed by atoms with Crippen LogP contribution >= 0.6 is 39.1 Å². The van der Waals surface area contributed by atoms with E-state index in [0.717, 1.165) is 27.3 Å². The second-order valence-corrected chi connectivity index (χ2v) is 6.55. The maximum atomic E-state index is 12.3. The number of carbonyl (C=O) groups excluding carboxylic acids is 1. The van der Waals surface area contributed by atoms with Crippen LogP contribution in [0.15, 0.2) is 22.7 Å². The molecular formula is C13H12BrClN2OS. The average Bonchev–Trinajstić information content (AvgIpc) is 2.82. The highest BCUT2D eigenvalue weighted by atomic mass is 79.9. The van der Waals surface area contributed by atoms with Crippen LogP contribution in [-0.4, -0.2) is 15.4 Å². The summed E-state index contributed by atoms with van der Waals surface area (Å²) in [5.41, 5.74) is 1.58. The lowest BCUT2D eigenvalue weighted by Crippen LogP contribution is -2.06. The first kappa shape index (κ1) is 14.6. The molecule has 2 rings (SSSR count). The molecule has 0 spiro atoms. The predicted molar refractivity (Wildman–Crippen MR) is 81.2 cm³/mol. The van der Waals surface area contributed by atoms with E-state index in [9.17, 15) is 4.79 Å². The van der Waals surface area contributed by atoms with E-state index in [0.29, 0.717) is 9.90 Å². The lowest BCUT2D eigenvalue weighted by molar-refractivity contribution is 0.0995. The molecule has 1 aromatic carbocycles. The molecule has 0 bridgehead atoms. The van der Waals surface area contributed by atoms with Gasteiger partial charge in [0.2, 0.25) is 0 Å². The maximum absolute atomic E-state index is 12.3. The minimum absolute atomic E-state index is 0.0166. The Morgan fingerprint density at radius 3 is 2.84 bits per heavy atom. The Morgan fingerprint density at radius 1 is 1.47 bits per heavy atom. The van der Waals surface area contributed by atoms with E-state index < -0.39 is 0 Å². The van der Waals surface area contributed by atoms with Gasteiger partial charge in [0.1, 0.15) is 4.88 Å². The minimum Gasteiger partial charge on any atom is -0.293 e. The van der Waals surface area contributed by atoms with Gasteiger partial charge < -0.3 is 0 Å². The van der Waals surface area contributed by atoms with Gasteiger partial charge in [-0.05, 0) is 35.1 Å². The molecule has 0 saturated heterocycles. The largest absolute Gasteiger partial charge is 0.293 e. The zero-order valence-electron chi connectivity index (χ0n) is 10.5. The third-order valence-corrected chi connectivity index (χ3v) is 4.31. The van der Waals surface area contributed by atoms with Gasteiger partial charge >= 0.3 is 0 Å². The van der Waals surface area contributed by atoms with E-state index in [4.69, 9.17) is 11.6 Å². The average molecular weight is 360 g/mol. The van der Waals surface area contributed by atoms with Gasteiger partial charge in [-0.2, -0.15) is 0 Å². The van der Waals surface area contributed by atoms with Crippen molar-refractivity contribution in [1.29, 1.82) is 0 Å². The topological polar surface area (TPSA) is 42.9 Å². The fourth-order valence-electron chi connectivity index (χ4n) is 1.69. The van der Waals surface area contributed by atoms with Crippen molar-refractivity contribution < 1.29 is 4.79 Å². The molecule has 0 amide bonds. The summed E-state index contributed by atoms with van der Waals surface area (Å²) in [4.78, 5) is 12.9. The summed E-state index contributed by atoms with van der Waals surface area (Å²) in [5, 5.41) is 4.61. The van der Waals surface area contributed by atoms with Gasteiger partial charge in [0.05, 0.1) is 5.69 Å². The number of ketones is 1. The zero-order chi connectivity index (χ0) is 14.0. The molecule has 0 atom stereocenters. The Morgan fingerprint density at radius 2 is 2.21 bits per heavy atom. The van der Waals surface area contributed by atoms with Gasteiger partial charge in [-0.25, -0.2) is 0 Å². The molecule has 0 saturated carbocycles. The van der Waals surface area contributed by atoms with Crippen molar-refractivity contribution in [3.05, 3.63) is 43.8 Å². The SMILES string of the molecule is CC(C)c1nnsc1C(=O)Cc1ccc(Br)cc1Cl. The van der Waals surface area contributed by atoms with Gasteiger partial charge in [0, 0.05) is 15.9 Å². The zero-order valence-corrected chi connectivity index (χ0v) is 13.6. The predicted octanol–water partition coefficient (Wildman–Crippen LogP) is 4.50. The Labute approximate surface area is 129 Å². The van der Waals surface area contributed by atoms with Gasteiger partial charge in [-0.1, -0.05) is 51.9 Å². The summed E-state index contributed by atoms with van der Waals surface area (Å²) in [6.45, 7) is 4.00. The summed E-state index contributed by atoms with van der Waals surface area (Å²) >= 11 is 10.6. The first-order chi connectivity index (χ1) is 8.99. The van der Waals surface area contributed by atoms with Crippen LogP contribution in [0.1, 0.15) is 40.7 Å². The molecular weight excluding hydrogens is 348 g/mol. The maximum Gasteiger partial charge on any atom is 0.180 e. The second-order valence-electron chi connectivity index (χ2n) is 4.48. The van der Waals surface area contributed by atoms with Crippen LogP contribution in [0.25, 0.3) is 0 Å². The summed E-state index contributed by atoms with van der Waals surface area (Å²) < 4.78 is 4.77. The lowest BCUT2D eigenvalue weighted by Gasteiger charge is -2.05. The van der Waals surface area contributed by atoms with E-state index >= 15 is 0 Å². The van der Waals surface area contributed by atoms with Gasteiger partial charge in [-0.3, -0.25) is 4.79 Å². The number of Topliss-reactive ketones (excluding diaryl/α,β-unsaturated/α-hetero) is 1. The Balaban J connectivity index is 2.23. The lowest BCUT2D eigenvalue weighted by atomic mass is 10.0. The first-order valence-corrected chi connectivity index (χ1v) is 7.73. The van der Waals surface area contributed by atoms with Crippen LogP contribution in [0, 0.1) is 0 Å². The van der Waals surface area contributed by atoms with Crippen molar-refractivity contribution in [1.82, 2.24) is 9.59 Å². The third-order valence-electron chi connectivity index (χ3n) is 2.68. The Hall–Kier alpha value is -0.780. The van der Waals surface area contributed by atoms with Crippen molar-refractivity contribution in [3.63, 3.8) is 0 Å². The number of rotatable bonds is 4. The molecule has 0 N–H and O–H groups in total. The van der Waals surface area contributed by atoms with E-state index in [1.54, 1.807) is 6.07 Å². The van der Waals surface area contributed by atoms with Crippen LogP contribution < -0.4 is 0 Å². The number of nitrogens with zero attached hydrogens (tertiary/aromatic N) is 2. The van der Waals surface area contributed by atoms with Gasteiger partial charge in [0.25, 0.3) is 0 Å². The van der Waals surface area contributed by atoms with Crippen LogP contribution in [0.5, 0.6) is 0 Å². The molecule has 19 heavy (non-hydrogen) atoms. The molecule has 3 nitrogen and oxygen atoms in total. The quantitative estimate of drug-likeness (QED) is 0.755. The summed E-state index contributed by atoms with van der Waals surface area (Å²) in [6.07, 6.45) is 0.274. The summed E-state index contributed by atoms with van der Waals surface area (Å²) in [7, 11) is 0. The molecule has 0 fully saturated rings. The number of hydrogen-bond donors (Lipinski definition) is 0. The fourth-order valence-corrected chi connectivity index (χ4v) is 3.18. The molecule has 0 aliphatic heterocycles. The number of benzene rings is 1. The molecule has 1 heterocycles. The number of hydrogen-bond acceptors (Lipinski definition) is 4. The molecule has 0 unspecified atom stereocenters. The van der Waals surface area contributed by atoms with Crippen molar-refractivity contribution in [2.75, 3.05) is 0 Å². The van der Waals surface area contributed by atoms with Crippen LogP contribution in [-0.2, 0) is 6.42 Å². The van der Waals surface area contributed by atoms with E-state index in [1.165, 1.54) is 0 Å². The Bertz CT molecular complexity index is 612. The van der Waals surface area contributed by atoms with Crippen molar-refractivity contribution >= 4 is 44.8 Å². The highest BCUT2D eigenvalue weighted by molar-refractivity contribution is 9.10. The number of aromatic nitrogens is 2. The molecule has 1 aromatic heterocycles. The highest BCUT2D eigenvalue weighted by Gasteiger charge is 2.19. The van der Waals surface area contributed by atoms with Crippen molar-refractivity contribution in [2.45, 2.75) is 26.2 Å².